The van der Waals surface area contributed by atoms with Crippen molar-refractivity contribution in [1.82, 2.24) is 4.98 Å². The number of benzene rings is 2. The number of nitrogens with zero attached hydrogens (tertiary/aromatic N) is 1. The van der Waals surface area contributed by atoms with Gasteiger partial charge in [-0.15, -0.1) is 0 Å². The third kappa shape index (κ3) is 7.80. The van der Waals surface area contributed by atoms with Crippen molar-refractivity contribution in [3.63, 3.8) is 0 Å². The molecule has 7 nitrogen and oxygen atoms in total. The summed E-state index contributed by atoms with van der Waals surface area (Å²) in [6.07, 6.45) is 5.76. The molecule has 3 aromatic rings. The number of methoxy groups -OCH3 is 1. The van der Waals surface area contributed by atoms with Gasteiger partial charge in [0.1, 0.15) is 11.5 Å². The summed E-state index contributed by atoms with van der Waals surface area (Å²) in [7, 11) is 3.54. The molecule has 194 valence electrons. The van der Waals surface area contributed by atoms with Crippen molar-refractivity contribution in [2.75, 3.05) is 30.8 Å². The van der Waals surface area contributed by atoms with Crippen LogP contribution in [0.1, 0.15) is 44.7 Å². The molecule has 36 heavy (non-hydrogen) atoms. The quantitative estimate of drug-likeness (QED) is 0.161. The van der Waals surface area contributed by atoms with Gasteiger partial charge in [0.15, 0.2) is 5.13 Å². The van der Waals surface area contributed by atoms with Crippen molar-refractivity contribution in [3.8, 4) is 21.9 Å². The van der Waals surface area contributed by atoms with Gasteiger partial charge in [-0.1, -0.05) is 30.6 Å². The number of carbonyl (C=O) groups is 1. The van der Waals surface area contributed by atoms with E-state index in [0.717, 1.165) is 50.4 Å². The fourth-order valence-electron chi connectivity index (χ4n) is 3.91. The summed E-state index contributed by atoms with van der Waals surface area (Å²) >= 11 is 3.10. The van der Waals surface area contributed by atoms with E-state index in [1.54, 1.807) is 30.6 Å². The molecule has 0 amide bonds. The second-order valence-corrected chi connectivity index (χ2v) is 10.2. The molecule has 1 fully saturated rings. The van der Waals surface area contributed by atoms with Crippen LogP contribution in [0.15, 0.2) is 47.4 Å². The first-order valence-corrected chi connectivity index (χ1v) is 13.8. The van der Waals surface area contributed by atoms with E-state index >= 15 is 0 Å². The predicted octanol–water partition coefficient (Wildman–Crippen LogP) is 7.12. The number of carbonyl (C=O) groups excluding carboxylic acids is 1. The van der Waals surface area contributed by atoms with Gasteiger partial charge in [-0.2, -0.15) is 0 Å². The molecular weight excluding hydrogens is 494 g/mol. The summed E-state index contributed by atoms with van der Waals surface area (Å²) in [6, 6.07) is 13.1. The largest absolute Gasteiger partial charge is 0.508 e. The zero-order valence-electron chi connectivity index (χ0n) is 21.3. The van der Waals surface area contributed by atoms with Crippen molar-refractivity contribution in [1.29, 1.82) is 0 Å². The van der Waals surface area contributed by atoms with Crippen LogP contribution in [-0.2, 0) is 9.53 Å². The number of aromatic nitrogens is 1. The number of thiazole rings is 1. The molecule has 0 atom stereocenters. The van der Waals surface area contributed by atoms with E-state index in [2.05, 4.69) is 21.1 Å². The van der Waals surface area contributed by atoms with Crippen LogP contribution < -0.4 is 14.8 Å². The van der Waals surface area contributed by atoms with Crippen molar-refractivity contribution in [2.24, 2.45) is 5.92 Å². The Morgan fingerprint density at radius 2 is 1.89 bits per heavy atom. The summed E-state index contributed by atoms with van der Waals surface area (Å²) in [5, 5.41) is 13.4. The lowest BCUT2D eigenvalue weighted by Crippen LogP contribution is -2.20. The number of phenols is 1. The van der Waals surface area contributed by atoms with E-state index < -0.39 is 0 Å². The molecule has 1 aliphatic carbocycles. The van der Waals surface area contributed by atoms with Gasteiger partial charge >= 0.3 is 5.97 Å². The highest BCUT2D eigenvalue weighted by Gasteiger charge is 2.21. The number of phenolic OH excluding ortho intramolecular Hbond substituents is 1. The highest BCUT2D eigenvalue weighted by molar-refractivity contribution is 8.00. The molecule has 0 bridgehead atoms. The fourth-order valence-corrected chi connectivity index (χ4v) is 5.63. The standard InChI is InChI=1S/C18H19N3O2S2.C9H16O2/c1-11-17(24-18(19-2)20-11)12-4-9-15(23-3)16(10-12)25-21-13-5-7-14(22)8-6-13;1-2-11-9(10)8-6-4-3-5-7-8/h4-10,21-22H,1-3H3,(H,19,20);8H,2-7H2,1H3. The predicted molar refractivity (Wildman–Crippen MR) is 149 cm³/mol. The van der Waals surface area contributed by atoms with Gasteiger partial charge < -0.3 is 24.6 Å². The molecule has 3 N–H and O–H groups in total. The Kier molecular flexibility index (Phi) is 10.8. The number of rotatable bonds is 8. The van der Waals surface area contributed by atoms with E-state index in [9.17, 15) is 9.90 Å². The molecule has 9 heteroatoms. The van der Waals surface area contributed by atoms with E-state index in [-0.39, 0.29) is 17.6 Å². The lowest BCUT2D eigenvalue weighted by Gasteiger charge is -2.19. The smallest absolute Gasteiger partial charge is 0.308 e. The van der Waals surface area contributed by atoms with Crippen LogP contribution in [0, 0.1) is 12.8 Å². The monoisotopic (exact) mass is 529 g/mol. The lowest BCUT2D eigenvalue weighted by molar-refractivity contribution is -0.149. The second-order valence-electron chi connectivity index (χ2n) is 8.39. The van der Waals surface area contributed by atoms with E-state index in [4.69, 9.17) is 9.47 Å². The van der Waals surface area contributed by atoms with Gasteiger partial charge in [0, 0.05) is 12.7 Å². The molecule has 0 saturated heterocycles. The summed E-state index contributed by atoms with van der Waals surface area (Å²) < 4.78 is 13.7. The van der Waals surface area contributed by atoms with Crippen molar-refractivity contribution >= 4 is 40.1 Å². The molecule has 1 heterocycles. The molecule has 2 aromatic carbocycles. The minimum atomic E-state index is 0.0206. The Morgan fingerprint density at radius 3 is 2.50 bits per heavy atom. The van der Waals surface area contributed by atoms with Gasteiger partial charge in [-0.25, -0.2) is 4.98 Å². The maximum Gasteiger partial charge on any atom is 0.308 e. The van der Waals surface area contributed by atoms with Gasteiger partial charge in [0.25, 0.3) is 0 Å². The zero-order valence-corrected chi connectivity index (χ0v) is 22.9. The van der Waals surface area contributed by atoms with Gasteiger partial charge in [-0.05, 0) is 86.7 Å². The highest BCUT2D eigenvalue weighted by atomic mass is 32.2. The molecular formula is C27H35N3O4S2. The Hall–Kier alpha value is -2.91. The van der Waals surface area contributed by atoms with E-state index in [1.165, 1.54) is 31.2 Å². The van der Waals surface area contributed by atoms with Gasteiger partial charge in [0.2, 0.25) is 0 Å². The second kappa shape index (κ2) is 14.0. The van der Waals surface area contributed by atoms with Crippen LogP contribution >= 0.6 is 23.3 Å². The van der Waals surface area contributed by atoms with E-state index in [1.807, 2.05) is 45.2 Å². The Balaban J connectivity index is 0.000000275. The molecule has 4 rings (SSSR count). The normalized spacial score (nSPS) is 13.3. The molecule has 0 spiro atoms. The van der Waals surface area contributed by atoms with Crippen LogP contribution in [0.25, 0.3) is 10.4 Å². The number of hydrogen-bond donors (Lipinski definition) is 3. The molecule has 0 radical (unpaired) electrons. The third-order valence-corrected chi connectivity index (χ3v) is 7.91. The Bertz CT molecular complexity index is 1110. The zero-order chi connectivity index (χ0) is 25.9. The molecule has 0 aliphatic heterocycles. The summed E-state index contributed by atoms with van der Waals surface area (Å²) in [5.74, 6) is 1.28. The maximum absolute atomic E-state index is 11.2. The minimum Gasteiger partial charge on any atom is -0.508 e. The summed E-state index contributed by atoms with van der Waals surface area (Å²) in [6.45, 7) is 4.40. The van der Waals surface area contributed by atoms with Crippen LogP contribution in [0.2, 0.25) is 0 Å². The average molecular weight is 530 g/mol. The molecule has 1 saturated carbocycles. The van der Waals surface area contributed by atoms with Crippen molar-refractivity contribution in [3.05, 3.63) is 48.2 Å². The number of hydrogen-bond acceptors (Lipinski definition) is 9. The summed E-state index contributed by atoms with van der Waals surface area (Å²) in [4.78, 5) is 17.8. The number of nitrogens with one attached hydrogen (secondary N) is 2. The number of aromatic hydroxyl groups is 1. The van der Waals surface area contributed by atoms with Crippen molar-refractivity contribution in [2.45, 2.75) is 50.8 Å². The van der Waals surface area contributed by atoms with Gasteiger partial charge in [-0.3, -0.25) is 4.79 Å². The van der Waals surface area contributed by atoms with Crippen LogP contribution in [-0.4, -0.2) is 36.8 Å². The molecule has 0 unspecified atom stereocenters. The number of ether oxygens (including phenoxy) is 2. The fraction of sp³-hybridized carbons (Fsp3) is 0.407. The number of esters is 1. The van der Waals surface area contributed by atoms with E-state index in [0.29, 0.717) is 6.61 Å². The van der Waals surface area contributed by atoms with Crippen LogP contribution in [0.5, 0.6) is 11.5 Å². The SMILES string of the molecule is CCOC(=O)C1CCCCC1.CNc1nc(C)c(-c2ccc(OC)c(SNc3ccc(O)cc3)c2)s1. The van der Waals surface area contributed by atoms with Crippen LogP contribution in [0.4, 0.5) is 10.8 Å². The number of anilines is 2. The first-order valence-electron chi connectivity index (χ1n) is 12.2. The maximum atomic E-state index is 11.2. The highest BCUT2D eigenvalue weighted by Crippen LogP contribution is 2.38. The molecule has 1 aliphatic rings. The summed E-state index contributed by atoms with van der Waals surface area (Å²) in [5.41, 5.74) is 3.01. The average Bonchev–Trinajstić information content (AvgIpc) is 3.30. The van der Waals surface area contributed by atoms with Crippen molar-refractivity contribution < 1.29 is 19.4 Å². The third-order valence-electron chi connectivity index (χ3n) is 5.81. The molecule has 1 aromatic heterocycles. The van der Waals surface area contributed by atoms with Gasteiger partial charge in [0.05, 0.1) is 35.1 Å². The topological polar surface area (TPSA) is 92.7 Å². The van der Waals surface area contributed by atoms with Crippen LogP contribution in [0.3, 0.4) is 0 Å². The number of aryl methyl sites for hydroxylation is 1. The lowest BCUT2D eigenvalue weighted by atomic mass is 9.89. The minimum absolute atomic E-state index is 0.0206. The first kappa shape index (κ1) is 27.7. The first-order chi connectivity index (χ1) is 17.4. The Morgan fingerprint density at radius 1 is 1.17 bits per heavy atom. The Labute approximate surface area is 221 Å².